The Morgan fingerprint density at radius 1 is 1.54 bits per heavy atom. The second kappa shape index (κ2) is 2.37. The topological polar surface area (TPSA) is 29.5 Å². The van der Waals surface area contributed by atoms with Crippen LogP contribution in [-0.2, 0) is 4.74 Å². The van der Waals surface area contributed by atoms with Crippen LogP contribution in [-0.4, -0.2) is 24.9 Å². The zero-order valence-electron chi connectivity index (χ0n) is 7.94. The molecule has 1 unspecified atom stereocenters. The van der Waals surface area contributed by atoms with Gasteiger partial charge in [-0.15, -0.1) is 0 Å². The number of methoxy groups -OCH3 is 1. The number of rotatable bonds is 2. The number of ether oxygens (including phenoxy) is 1. The highest BCUT2D eigenvalue weighted by Gasteiger charge is 2.68. The Hall–Kier alpha value is -0.340. The summed E-state index contributed by atoms with van der Waals surface area (Å²) in [6.07, 6.45) is 6.61. The molecule has 2 fully saturated rings. The predicted octanol–water partition coefficient (Wildman–Crippen LogP) is 1.21. The van der Waals surface area contributed by atoms with Gasteiger partial charge in [-0.25, -0.2) is 0 Å². The third-order valence-electron chi connectivity index (χ3n) is 4.48. The fraction of sp³-hybridized carbons (Fsp3) is 0.818. The largest absolute Gasteiger partial charge is 0.392 e. The molecule has 1 N–H and O–H groups in total. The van der Waals surface area contributed by atoms with Crippen LogP contribution in [0.2, 0.25) is 0 Å². The average Bonchev–Trinajstić information content (AvgIpc) is 2.40. The molecular weight excluding hydrogens is 164 g/mol. The molecule has 3 aliphatic carbocycles. The molecule has 2 nitrogen and oxygen atoms in total. The minimum absolute atomic E-state index is 0.0689. The quantitative estimate of drug-likeness (QED) is 0.647. The Kier molecular flexibility index (Phi) is 1.46. The number of allylic oxidation sites excluding steroid dienone is 1. The fourth-order valence-corrected chi connectivity index (χ4v) is 3.86. The molecule has 5 atom stereocenters. The van der Waals surface area contributed by atoms with Crippen molar-refractivity contribution < 1.29 is 9.84 Å². The van der Waals surface area contributed by atoms with Crippen LogP contribution in [0.3, 0.4) is 0 Å². The van der Waals surface area contributed by atoms with Crippen molar-refractivity contribution >= 4 is 0 Å². The first-order chi connectivity index (χ1) is 6.30. The Labute approximate surface area is 78.6 Å². The van der Waals surface area contributed by atoms with E-state index < -0.39 is 0 Å². The van der Waals surface area contributed by atoms with Crippen LogP contribution in [0.1, 0.15) is 12.8 Å². The van der Waals surface area contributed by atoms with Gasteiger partial charge in [-0.2, -0.15) is 0 Å². The van der Waals surface area contributed by atoms with Gasteiger partial charge in [0.25, 0.3) is 0 Å². The smallest absolute Gasteiger partial charge is 0.0639 e. The normalized spacial score (nSPS) is 56.5. The summed E-state index contributed by atoms with van der Waals surface area (Å²) in [6, 6.07) is 0. The van der Waals surface area contributed by atoms with Gasteiger partial charge in [0.2, 0.25) is 0 Å². The number of aliphatic hydroxyl groups is 1. The summed E-state index contributed by atoms with van der Waals surface area (Å²) >= 11 is 0. The van der Waals surface area contributed by atoms with Crippen LogP contribution in [0.25, 0.3) is 0 Å². The van der Waals surface area contributed by atoms with Crippen molar-refractivity contribution in [2.75, 3.05) is 13.7 Å². The number of hydrogen-bond donors (Lipinski definition) is 1. The first-order valence-corrected chi connectivity index (χ1v) is 5.17. The van der Waals surface area contributed by atoms with Gasteiger partial charge in [-0.1, -0.05) is 12.2 Å². The van der Waals surface area contributed by atoms with Crippen molar-refractivity contribution in [3.8, 4) is 0 Å². The van der Waals surface area contributed by atoms with Crippen molar-refractivity contribution in [1.29, 1.82) is 0 Å². The van der Waals surface area contributed by atoms with Gasteiger partial charge in [0, 0.05) is 19.1 Å². The first-order valence-electron chi connectivity index (χ1n) is 5.17. The van der Waals surface area contributed by atoms with E-state index in [4.69, 9.17) is 4.74 Å². The SMILES string of the molecule is COC[C@H]1[C@H]2C=CC23[C@H](O)CC[C@H]13. The van der Waals surface area contributed by atoms with Crippen molar-refractivity contribution in [1.82, 2.24) is 0 Å². The molecule has 0 radical (unpaired) electrons. The Bertz CT molecular complexity index is 261. The van der Waals surface area contributed by atoms with E-state index >= 15 is 0 Å². The third kappa shape index (κ3) is 0.692. The van der Waals surface area contributed by atoms with Crippen LogP contribution in [0.4, 0.5) is 0 Å². The second-order valence-corrected chi connectivity index (χ2v) is 4.70. The maximum absolute atomic E-state index is 9.89. The monoisotopic (exact) mass is 180 g/mol. The summed E-state index contributed by atoms with van der Waals surface area (Å²) < 4.78 is 5.22. The molecule has 3 aliphatic rings. The van der Waals surface area contributed by atoms with Crippen LogP contribution >= 0.6 is 0 Å². The van der Waals surface area contributed by atoms with Crippen LogP contribution in [0, 0.1) is 23.2 Å². The van der Waals surface area contributed by atoms with Crippen molar-refractivity contribution in [2.45, 2.75) is 18.9 Å². The highest BCUT2D eigenvalue weighted by Crippen LogP contribution is 2.70. The molecule has 3 rings (SSSR count). The summed E-state index contributed by atoms with van der Waals surface area (Å²) in [5.74, 6) is 2.01. The van der Waals surface area contributed by atoms with E-state index in [1.54, 1.807) is 7.11 Å². The van der Waals surface area contributed by atoms with Crippen LogP contribution < -0.4 is 0 Å². The molecule has 0 heterocycles. The van der Waals surface area contributed by atoms with Gasteiger partial charge < -0.3 is 9.84 Å². The molecule has 0 aromatic heterocycles. The van der Waals surface area contributed by atoms with Crippen molar-refractivity contribution in [3.05, 3.63) is 12.2 Å². The Balaban J connectivity index is 1.84. The maximum Gasteiger partial charge on any atom is 0.0639 e. The van der Waals surface area contributed by atoms with E-state index in [0.29, 0.717) is 17.8 Å². The summed E-state index contributed by atoms with van der Waals surface area (Å²) in [5, 5.41) is 9.89. The van der Waals surface area contributed by atoms with Crippen molar-refractivity contribution in [2.24, 2.45) is 23.2 Å². The van der Waals surface area contributed by atoms with E-state index in [0.717, 1.165) is 13.0 Å². The number of aliphatic hydroxyl groups excluding tert-OH is 1. The van der Waals surface area contributed by atoms with Gasteiger partial charge in [0.15, 0.2) is 0 Å². The second-order valence-electron chi connectivity index (χ2n) is 4.70. The lowest BCUT2D eigenvalue weighted by atomic mass is 9.42. The van der Waals surface area contributed by atoms with Crippen molar-refractivity contribution in [3.63, 3.8) is 0 Å². The molecule has 2 saturated carbocycles. The van der Waals surface area contributed by atoms with Gasteiger partial charge in [0.05, 0.1) is 6.10 Å². The summed E-state index contributed by atoms with van der Waals surface area (Å²) in [7, 11) is 1.77. The lowest BCUT2D eigenvalue weighted by Gasteiger charge is -2.62. The molecular formula is C11H16O2. The first kappa shape index (κ1) is 8.01. The van der Waals surface area contributed by atoms with Gasteiger partial charge in [-0.3, -0.25) is 0 Å². The standard InChI is InChI=1S/C11H16O2/c1-13-6-7-8-2-3-10(12)11(8)5-4-9(7)11/h4-5,7-10,12H,2-3,6H2,1H3/t7-,8-,9-,10-,11?/m1/s1. The molecule has 0 amide bonds. The lowest BCUT2D eigenvalue weighted by Crippen LogP contribution is -2.62. The van der Waals surface area contributed by atoms with Crippen LogP contribution in [0.5, 0.6) is 0 Å². The summed E-state index contributed by atoms with van der Waals surface area (Å²) in [5.41, 5.74) is 0.198. The Morgan fingerprint density at radius 2 is 2.38 bits per heavy atom. The molecule has 0 aromatic rings. The van der Waals surface area contributed by atoms with Gasteiger partial charge in [-0.05, 0) is 30.6 Å². The zero-order chi connectivity index (χ0) is 9.05. The molecule has 0 aliphatic heterocycles. The van der Waals surface area contributed by atoms with E-state index in [2.05, 4.69) is 12.2 Å². The fourth-order valence-electron chi connectivity index (χ4n) is 3.86. The maximum atomic E-state index is 9.89. The third-order valence-corrected chi connectivity index (χ3v) is 4.48. The van der Waals surface area contributed by atoms with E-state index in [-0.39, 0.29) is 11.5 Å². The van der Waals surface area contributed by atoms with E-state index in [1.807, 2.05) is 0 Å². The molecule has 0 saturated heterocycles. The molecule has 0 bridgehead atoms. The molecule has 1 spiro atoms. The van der Waals surface area contributed by atoms with Gasteiger partial charge in [0.1, 0.15) is 0 Å². The highest BCUT2D eigenvalue weighted by molar-refractivity contribution is 5.34. The molecule has 2 heteroatoms. The van der Waals surface area contributed by atoms with Gasteiger partial charge >= 0.3 is 0 Å². The van der Waals surface area contributed by atoms with Crippen LogP contribution in [0.15, 0.2) is 12.2 Å². The molecule has 72 valence electrons. The highest BCUT2D eigenvalue weighted by atomic mass is 16.5. The minimum atomic E-state index is -0.0689. The Morgan fingerprint density at radius 3 is 3.00 bits per heavy atom. The van der Waals surface area contributed by atoms with E-state index in [1.165, 1.54) is 6.42 Å². The zero-order valence-corrected chi connectivity index (χ0v) is 7.94. The summed E-state index contributed by atoms with van der Waals surface area (Å²) in [6.45, 7) is 0.869. The number of hydrogen-bond acceptors (Lipinski definition) is 2. The predicted molar refractivity (Wildman–Crippen MR) is 49.2 cm³/mol. The lowest BCUT2D eigenvalue weighted by molar-refractivity contribution is -0.136. The molecule has 13 heavy (non-hydrogen) atoms. The minimum Gasteiger partial charge on any atom is -0.392 e. The molecule has 0 aromatic carbocycles. The summed E-state index contributed by atoms with van der Waals surface area (Å²) in [4.78, 5) is 0. The average molecular weight is 180 g/mol. The van der Waals surface area contributed by atoms with E-state index in [9.17, 15) is 5.11 Å².